The van der Waals surface area contributed by atoms with Crippen molar-refractivity contribution in [2.45, 2.75) is 23.9 Å². The summed E-state index contributed by atoms with van der Waals surface area (Å²) in [5.74, 6) is 1.09. The number of rotatable bonds is 7. The summed E-state index contributed by atoms with van der Waals surface area (Å²) in [6, 6.07) is 28.6. The third kappa shape index (κ3) is 5.26. The van der Waals surface area contributed by atoms with Gasteiger partial charge >= 0.3 is 0 Å². The van der Waals surface area contributed by atoms with E-state index in [1.807, 2.05) is 78.2 Å². The summed E-state index contributed by atoms with van der Waals surface area (Å²) in [6.45, 7) is 1.88. The molecule has 0 bridgehead atoms. The van der Waals surface area contributed by atoms with Crippen LogP contribution in [0.15, 0.2) is 96.2 Å². The molecule has 0 radical (unpaired) electrons. The molecule has 1 atom stereocenters. The number of amides is 1. The van der Waals surface area contributed by atoms with Crippen LogP contribution in [0.5, 0.6) is 0 Å². The van der Waals surface area contributed by atoms with Gasteiger partial charge < -0.3 is 5.32 Å². The molecule has 4 aromatic carbocycles. The summed E-state index contributed by atoms with van der Waals surface area (Å²) < 4.78 is 1.89. The quantitative estimate of drug-likeness (QED) is 0.220. The van der Waals surface area contributed by atoms with Crippen molar-refractivity contribution in [1.29, 1.82) is 0 Å². The molecular weight excluding hydrogens is 511 g/mol. The van der Waals surface area contributed by atoms with E-state index in [0.29, 0.717) is 38.0 Å². The van der Waals surface area contributed by atoms with Crippen LogP contribution in [0, 0.1) is 0 Å². The van der Waals surface area contributed by atoms with Crippen molar-refractivity contribution >= 4 is 51.6 Å². The highest BCUT2D eigenvalue weighted by Gasteiger charge is 2.23. The molecule has 0 saturated heterocycles. The molecule has 36 heavy (non-hydrogen) atoms. The molecular formula is C28H22Cl2N4OS. The van der Waals surface area contributed by atoms with Crippen LogP contribution in [0.25, 0.3) is 16.5 Å². The number of nitrogens with zero attached hydrogens (tertiary/aromatic N) is 3. The molecule has 180 valence electrons. The molecule has 0 spiro atoms. The van der Waals surface area contributed by atoms with E-state index >= 15 is 0 Å². The highest BCUT2D eigenvalue weighted by atomic mass is 35.5. The third-order valence-electron chi connectivity index (χ3n) is 5.77. The molecule has 0 aliphatic rings. The zero-order chi connectivity index (χ0) is 25.1. The SMILES string of the molecule is CC(NC(=O)c1ccc2ccccc2c1)c1nnc(SCc2ccccc2)n1-c1ccc(Cl)cc1Cl. The van der Waals surface area contributed by atoms with Gasteiger partial charge in [-0.05, 0) is 53.6 Å². The van der Waals surface area contributed by atoms with E-state index < -0.39 is 6.04 Å². The van der Waals surface area contributed by atoms with E-state index in [4.69, 9.17) is 23.2 Å². The minimum absolute atomic E-state index is 0.191. The van der Waals surface area contributed by atoms with Crippen LogP contribution < -0.4 is 5.32 Å². The zero-order valence-corrected chi connectivity index (χ0v) is 21.7. The number of fused-ring (bicyclic) bond motifs is 1. The second-order valence-corrected chi connectivity index (χ2v) is 10.1. The Morgan fingerprint density at radius 1 is 0.917 bits per heavy atom. The maximum absolute atomic E-state index is 13.1. The first-order valence-electron chi connectivity index (χ1n) is 11.4. The summed E-state index contributed by atoms with van der Waals surface area (Å²) >= 11 is 14.3. The molecule has 1 amide bonds. The molecule has 0 aliphatic carbocycles. The Labute approximate surface area is 223 Å². The van der Waals surface area contributed by atoms with Crippen LogP contribution in [-0.2, 0) is 5.75 Å². The fraction of sp³-hybridized carbons (Fsp3) is 0.107. The Hall–Kier alpha value is -3.32. The average molecular weight is 533 g/mol. The summed E-state index contributed by atoms with van der Waals surface area (Å²) in [6.07, 6.45) is 0. The number of hydrogen-bond donors (Lipinski definition) is 1. The average Bonchev–Trinajstić information content (AvgIpc) is 3.31. The first kappa shape index (κ1) is 24.4. The maximum Gasteiger partial charge on any atom is 0.251 e. The second kappa shape index (κ2) is 10.7. The van der Waals surface area contributed by atoms with Gasteiger partial charge in [0, 0.05) is 16.3 Å². The Kier molecular flexibility index (Phi) is 7.28. The predicted octanol–water partition coefficient (Wildman–Crippen LogP) is 7.51. The molecule has 5 aromatic rings. The topological polar surface area (TPSA) is 59.8 Å². The maximum atomic E-state index is 13.1. The van der Waals surface area contributed by atoms with E-state index in [9.17, 15) is 4.79 Å². The number of nitrogens with one attached hydrogen (secondary N) is 1. The Balaban J connectivity index is 1.45. The Morgan fingerprint density at radius 2 is 1.67 bits per heavy atom. The number of thioether (sulfide) groups is 1. The lowest BCUT2D eigenvalue weighted by atomic mass is 10.1. The van der Waals surface area contributed by atoms with Gasteiger partial charge in [0.25, 0.3) is 5.91 Å². The van der Waals surface area contributed by atoms with Crippen molar-refractivity contribution in [3.05, 3.63) is 118 Å². The first-order valence-corrected chi connectivity index (χ1v) is 13.1. The summed E-state index contributed by atoms with van der Waals surface area (Å²) in [4.78, 5) is 13.1. The van der Waals surface area contributed by atoms with Gasteiger partial charge in [0.1, 0.15) is 0 Å². The lowest BCUT2D eigenvalue weighted by Crippen LogP contribution is -2.28. The lowest BCUT2D eigenvalue weighted by Gasteiger charge is -2.17. The van der Waals surface area contributed by atoms with Crippen LogP contribution in [0.4, 0.5) is 0 Å². The largest absolute Gasteiger partial charge is 0.342 e. The van der Waals surface area contributed by atoms with E-state index in [1.165, 1.54) is 5.56 Å². The molecule has 5 rings (SSSR count). The van der Waals surface area contributed by atoms with Gasteiger partial charge in [-0.15, -0.1) is 10.2 Å². The van der Waals surface area contributed by atoms with Crippen molar-refractivity contribution < 1.29 is 4.79 Å². The van der Waals surface area contributed by atoms with Crippen LogP contribution in [0.2, 0.25) is 10.0 Å². The van der Waals surface area contributed by atoms with Gasteiger partial charge in [-0.2, -0.15) is 0 Å². The molecule has 0 fully saturated rings. The molecule has 5 nitrogen and oxygen atoms in total. The van der Waals surface area contributed by atoms with Crippen LogP contribution in [0.3, 0.4) is 0 Å². The van der Waals surface area contributed by atoms with E-state index in [2.05, 4.69) is 27.6 Å². The highest BCUT2D eigenvalue weighted by Crippen LogP contribution is 2.32. The van der Waals surface area contributed by atoms with Crippen molar-refractivity contribution in [2.75, 3.05) is 0 Å². The van der Waals surface area contributed by atoms with Gasteiger partial charge in [0.15, 0.2) is 11.0 Å². The number of halogens is 2. The number of carbonyl (C=O) groups excluding carboxylic acids is 1. The fourth-order valence-corrected chi connectivity index (χ4v) is 5.34. The first-order chi connectivity index (χ1) is 17.5. The molecule has 0 aliphatic heterocycles. The summed E-state index contributed by atoms with van der Waals surface area (Å²) in [5, 5.41) is 15.7. The predicted molar refractivity (Wildman–Crippen MR) is 147 cm³/mol. The normalized spacial score (nSPS) is 12.0. The minimum Gasteiger partial charge on any atom is -0.342 e. The summed E-state index contributed by atoms with van der Waals surface area (Å²) in [7, 11) is 0. The second-order valence-electron chi connectivity index (χ2n) is 8.30. The van der Waals surface area contributed by atoms with Crippen molar-refractivity contribution in [3.63, 3.8) is 0 Å². The Bertz CT molecular complexity index is 1540. The molecule has 1 unspecified atom stereocenters. The van der Waals surface area contributed by atoms with Crippen molar-refractivity contribution in [2.24, 2.45) is 0 Å². The van der Waals surface area contributed by atoms with Gasteiger partial charge in [0.05, 0.1) is 16.8 Å². The van der Waals surface area contributed by atoms with Crippen molar-refractivity contribution in [1.82, 2.24) is 20.1 Å². The molecule has 1 aromatic heterocycles. The minimum atomic E-state index is -0.436. The number of aromatic nitrogens is 3. The van der Waals surface area contributed by atoms with Crippen LogP contribution in [0.1, 0.15) is 34.7 Å². The van der Waals surface area contributed by atoms with Gasteiger partial charge in [-0.25, -0.2) is 0 Å². The third-order valence-corrected chi connectivity index (χ3v) is 7.30. The monoisotopic (exact) mass is 532 g/mol. The highest BCUT2D eigenvalue weighted by molar-refractivity contribution is 7.98. The number of carbonyl (C=O) groups is 1. The van der Waals surface area contributed by atoms with Gasteiger partial charge in [0.2, 0.25) is 0 Å². The van der Waals surface area contributed by atoms with E-state index in [1.54, 1.807) is 23.9 Å². The summed E-state index contributed by atoms with van der Waals surface area (Å²) in [5.41, 5.74) is 2.44. The number of benzene rings is 4. The molecule has 8 heteroatoms. The van der Waals surface area contributed by atoms with E-state index in [0.717, 1.165) is 10.8 Å². The van der Waals surface area contributed by atoms with Gasteiger partial charge in [-0.3, -0.25) is 9.36 Å². The van der Waals surface area contributed by atoms with Crippen LogP contribution in [-0.4, -0.2) is 20.7 Å². The standard InChI is InChI=1S/C28H22Cl2N4OS/c1-18(31-27(35)22-12-11-20-9-5-6-10-21(20)15-22)26-32-33-28(36-17-19-7-3-2-4-8-19)34(26)25-14-13-23(29)16-24(25)30/h2-16,18H,17H2,1H3,(H,31,35). The smallest absolute Gasteiger partial charge is 0.251 e. The fourth-order valence-electron chi connectivity index (χ4n) is 3.94. The molecule has 1 heterocycles. The van der Waals surface area contributed by atoms with Gasteiger partial charge in [-0.1, -0.05) is 95.6 Å². The molecule has 0 saturated carbocycles. The van der Waals surface area contributed by atoms with E-state index in [-0.39, 0.29) is 5.91 Å². The zero-order valence-electron chi connectivity index (χ0n) is 19.4. The number of hydrogen-bond acceptors (Lipinski definition) is 4. The van der Waals surface area contributed by atoms with Crippen LogP contribution >= 0.6 is 35.0 Å². The lowest BCUT2D eigenvalue weighted by molar-refractivity contribution is 0.0938. The van der Waals surface area contributed by atoms with Crippen molar-refractivity contribution in [3.8, 4) is 5.69 Å². The Morgan fingerprint density at radius 3 is 2.44 bits per heavy atom. The molecule has 1 N–H and O–H groups in total.